The van der Waals surface area contributed by atoms with Crippen LogP contribution >= 0.6 is 35.0 Å². The molecule has 0 N–H and O–H groups in total. The van der Waals surface area contributed by atoms with Gasteiger partial charge in [-0.2, -0.15) is 0 Å². The molecule has 2 rings (SSSR count). The van der Waals surface area contributed by atoms with E-state index in [1.165, 1.54) is 23.9 Å². The van der Waals surface area contributed by atoms with Gasteiger partial charge in [-0.3, -0.25) is 0 Å². The van der Waals surface area contributed by atoms with Crippen LogP contribution in [0.4, 0.5) is 4.39 Å². The summed E-state index contributed by atoms with van der Waals surface area (Å²) in [6.07, 6.45) is 1.90. The Hall–Kier alpha value is -0.840. The summed E-state index contributed by atoms with van der Waals surface area (Å²) in [5.41, 5.74) is 1.17. The molecule has 0 aliphatic heterocycles. The molecule has 0 amide bonds. The van der Waals surface area contributed by atoms with E-state index >= 15 is 0 Å². The number of halogens is 3. The zero-order chi connectivity index (χ0) is 12.4. The third-order valence-electron chi connectivity index (χ3n) is 2.11. The van der Waals surface area contributed by atoms with Crippen LogP contribution in [0.5, 0.6) is 0 Å². The molecule has 0 spiro atoms. The highest BCUT2D eigenvalue weighted by molar-refractivity contribution is 7.98. The number of hydrogen-bond donors (Lipinski definition) is 0. The fraction of sp³-hybridized carbons (Fsp3) is 0.0909. The lowest BCUT2D eigenvalue weighted by atomic mass is 10.1. The Morgan fingerprint density at radius 3 is 2.59 bits per heavy atom. The van der Waals surface area contributed by atoms with Crippen LogP contribution in [0.25, 0.3) is 11.3 Å². The third kappa shape index (κ3) is 2.89. The van der Waals surface area contributed by atoms with Crippen molar-refractivity contribution in [2.24, 2.45) is 0 Å². The minimum atomic E-state index is -0.330. The minimum absolute atomic E-state index is 0.0452. The fourth-order valence-electron chi connectivity index (χ4n) is 1.41. The van der Waals surface area contributed by atoms with Gasteiger partial charge in [-0.15, -0.1) is 11.8 Å². The van der Waals surface area contributed by atoms with Crippen LogP contribution in [0.1, 0.15) is 0 Å². The first-order chi connectivity index (χ1) is 8.10. The van der Waals surface area contributed by atoms with E-state index in [0.29, 0.717) is 11.3 Å². The second-order valence-electron chi connectivity index (χ2n) is 3.19. The topological polar surface area (TPSA) is 25.8 Å². The minimum Gasteiger partial charge on any atom is -0.218 e. The maximum Gasteiger partial charge on any atom is 0.224 e. The molecule has 6 heteroatoms. The summed E-state index contributed by atoms with van der Waals surface area (Å²) >= 11 is 13.0. The van der Waals surface area contributed by atoms with Crippen LogP contribution in [0.15, 0.2) is 29.2 Å². The molecule has 0 bridgehead atoms. The summed E-state index contributed by atoms with van der Waals surface area (Å²) in [5, 5.41) is 0.278. The summed E-state index contributed by atoms with van der Waals surface area (Å²) < 4.78 is 13.3. The zero-order valence-corrected chi connectivity index (χ0v) is 11.1. The molecule has 1 aromatic carbocycles. The number of nitrogens with zero attached hydrogens (tertiary/aromatic N) is 2. The fourth-order valence-corrected chi connectivity index (χ4v) is 2.40. The molecule has 0 aliphatic rings. The molecule has 0 saturated heterocycles. The van der Waals surface area contributed by atoms with Gasteiger partial charge in [0, 0.05) is 16.5 Å². The Morgan fingerprint density at radius 1 is 1.18 bits per heavy atom. The van der Waals surface area contributed by atoms with Crippen LogP contribution in [0.3, 0.4) is 0 Å². The highest BCUT2D eigenvalue weighted by Crippen LogP contribution is 2.31. The van der Waals surface area contributed by atoms with Crippen molar-refractivity contribution in [3.63, 3.8) is 0 Å². The van der Waals surface area contributed by atoms with E-state index in [1.54, 1.807) is 12.1 Å². The maximum atomic E-state index is 13.3. The van der Waals surface area contributed by atoms with Gasteiger partial charge >= 0.3 is 0 Å². The lowest BCUT2D eigenvalue weighted by molar-refractivity contribution is 0.627. The Balaban J connectivity index is 2.62. The Morgan fingerprint density at radius 2 is 1.94 bits per heavy atom. The van der Waals surface area contributed by atoms with Gasteiger partial charge < -0.3 is 0 Å². The van der Waals surface area contributed by atoms with Crippen molar-refractivity contribution in [1.29, 1.82) is 0 Å². The monoisotopic (exact) mass is 288 g/mol. The van der Waals surface area contributed by atoms with Gasteiger partial charge in [-0.25, -0.2) is 14.4 Å². The number of rotatable bonds is 2. The van der Waals surface area contributed by atoms with E-state index in [4.69, 9.17) is 23.2 Å². The van der Waals surface area contributed by atoms with E-state index in [2.05, 4.69) is 9.97 Å². The highest BCUT2D eigenvalue weighted by Gasteiger charge is 2.10. The quantitative estimate of drug-likeness (QED) is 0.468. The molecular weight excluding hydrogens is 282 g/mol. The highest BCUT2D eigenvalue weighted by atomic mass is 35.5. The van der Waals surface area contributed by atoms with Crippen molar-refractivity contribution in [3.05, 3.63) is 40.5 Å². The van der Waals surface area contributed by atoms with Crippen molar-refractivity contribution in [2.45, 2.75) is 4.90 Å². The molecule has 0 fully saturated rings. The summed E-state index contributed by atoms with van der Waals surface area (Å²) in [6, 6.07) is 6.06. The first-order valence-electron chi connectivity index (χ1n) is 4.64. The van der Waals surface area contributed by atoms with Crippen LogP contribution in [-0.4, -0.2) is 16.2 Å². The molecule has 1 aromatic heterocycles. The molecule has 0 saturated carbocycles. The SMILES string of the molecule is CSc1ccc(F)cc1-c1cc(Cl)nc(Cl)n1. The van der Waals surface area contributed by atoms with E-state index in [1.807, 2.05) is 6.26 Å². The summed E-state index contributed by atoms with van der Waals surface area (Å²) in [7, 11) is 0. The third-order valence-corrected chi connectivity index (χ3v) is 3.26. The van der Waals surface area contributed by atoms with Crippen molar-refractivity contribution in [1.82, 2.24) is 9.97 Å². The van der Waals surface area contributed by atoms with Crippen LogP contribution in [0, 0.1) is 5.82 Å². The van der Waals surface area contributed by atoms with Gasteiger partial charge in [0.2, 0.25) is 5.28 Å². The van der Waals surface area contributed by atoms with Crippen molar-refractivity contribution < 1.29 is 4.39 Å². The lowest BCUT2D eigenvalue weighted by Crippen LogP contribution is -1.91. The van der Waals surface area contributed by atoms with Gasteiger partial charge in [-0.05, 0) is 36.1 Å². The molecular formula is C11H7Cl2FN2S. The number of aromatic nitrogens is 2. The molecule has 0 aliphatic carbocycles. The van der Waals surface area contributed by atoms with Crippen LogP contribution in [0.2, 0.25) is 10.4 Å². The second kappa shape index (κ2) is 5.21. The van der Waals surface area contributed by atoms with Gasteiger partial charge in [0.1, 0.15) is 11.0 Å². The van der Waals surface area contributed by atoms with E-state index in [9.17, 15) is 4.39 Å². The number of thioether (sulfide) groups is 1. The van der Waals surface area contributed by atoms with Gasteiger partial charge in [0.25, 0.3) is 0 Å². The molecule has 0 radical (unpaired) electrons. The van der Waals surface area contributed by atoms with Gasteiger partial charge in [-0.1, -0.05) is 11.6 Å². The van der Waals surface area contributed by atoms with Crippen LogP contribution < -0.4 is 0 Å². The largest absolute Gasteiger partial charge is 0.224 e. The van der Waals surface area contributed by atoms with Crippen molar-refractivity contribution in [2.75, 3.05) is 6.26 Å². The smallest absolute Gasteiger partial charge is 0.218 e. The predicted molar refractivity (Wildman–Crippen MR) is 69.2 cm³/mol. The van der Waals surface area contributed by atoms with E-state index < -0.39 is 0 Å². The first kappa shape index (κ1) is 12.6. The number of hydrogen-bond acceptors (Lipinski definition) is 3. The Labute approximate surface area is 112 Å². The molecule has 88 valence electrons. The summed E-state index contributed by atoms with van der Waals surface area (Å²) in [6.45, 7) is 0. The van der Waals surface area contributed by atoms with Crippen molar-refractivity contribution in [3.8, 4) is 11.3 Å². The lowest BCUT2D eigenvalue weighted by Gasteiger charge is -2.07. The first-order valence-corrected chi connectivity index (χ1v) is 6.62. The zero-order valence-electron chi connectivity index (χ0n) is 8.75. The average Bonchev–Trinajstić information content (AvgIpc) is 2.27. The average molecular weight is 289 g/mol. The molecule has 1 heterocycles. The molecule has 2 nitrogen and oxygen atoms in total. The molecule has 0 unspecified atom stereocenters. The van der Waals surface area contributed by atoms with Crippen molar-refractivity contribution >= 4 is 35.0 Å². The summed E-state index contributed by atoms with van der Waals surface area (Å²) in [4.78, 5) is 8.70. The van der Waals surface area contributed by atoms with E-state index in [0.717, 1.165) is 4.90 Å². The van der Waals surface area contributed by atoms with Crippen LogP contribution in [-0.2, 0) is 0 Å². The molecule has 0 atom stereocenters. The predicted octanol–water partition coefficient (Wildman–Crippen LogP) is 4.31. The standard InChI is InChI=1S/C11H7Cl2FN2S/c1-17-9-3-2-6(14)4-7(9)8-5-10(12)16-11(13)15-8/h2-5H,1H3. The Kier molecular flexibility index (Phi) is 3.86. The molecule has 17 heavy (non-hydrogen) atoms. The van der Waals surface area contributed by atoms with Gasteiger partial charge in [0.15, 0.2) is 0 Å². The normalized spacial score (nSPS) is 10.6. The van der Waals surface area contributed by atoms with E-state index in [-0.39, 0.29) is 16.3 Å². The second-order valence-corrected chi connectivity index (χ2v) is 4.76. The molecule has 2 aromatic rings. The summed E-state index contributed by atoms with van der Waals surface area (Å²) in [5.74, 6) is -0.330. The maximum absolute atomic E-state index is 13.3. The number of benzene rings is 1. The van der Waals surface area contributed by atoms with Gasteiger partial charge in [0.05, 0.1) is 5.69 Å². The Bertz CT molecular complexity index is 543.